The molecule has 0 radical (unpaired) electrons. The Hall–Kier alpha value is -0.760. The van der Waals surface area contributed by atoms with Crippen molar-refractivity contribution in [2.45, 2.75) is 276 Å². The first kappa shape index (κ1) is 60.2. The lowest BCUT2D eigenvalue weighted by Crippen LogP contribution is -2.46. The third-order valence-electron chi connectivity index (χ3n) is 12.3. The van der Waals surface area contributed by atoms with E-state index in [1.165, 1.54) is 186 Å². The molecule has 3 N–H and O–H groups in total. The lowest BCUT2D eigenvalue weighted by molar-refractivity contribution is -0.870. The molecule has 8 nitrogen and oxygen atoms in total. The number of nitrogens with zero attached hydrogens (tertiary/aromatic N) is 1. The van der Waals surface area contributed by atoms with Crippen LogP contribution in [0.5, 0.6) is 0 Å². The van der Waals surface area contributed by atoms with Crippen molar-refractivity contribution in [1.82, 2.24) is 5.32 Å². The third kappa shape index (κ3) is 47.0. The Morgan fingerprint density at radius 2 is 0.885 bits per heavy atom. The molecule has 1 amide bonds. The zero-order valence-electron chi connectivity index (χ0n) is 41.4. The van der Waals surface area contributed by atoms with E-state index in [-0.39, 0.29) is 19.1 Å². The molecule has 3 atom stereocenters. The summed E-state index contributed by atoms with van der Waals surface area (Å²) in [5.41, 5.74) is 0. The topological polar surface area (TPSA) is 105 Å². The van der Waals surface area contributed by atoms with E-state index in [1.54, 1.807) is 0 Å². The molecule has 0 heterocycles. The average Bonchev–Trinajstić information content (AvgIpc) is 3.21. The number of aliphatic hydroxyl groups is 1. The average molecular weight is 886 g/mol. The molecule has 0 aromatic carbocycles. The molecule has 0 rings (SSSR count). The van der Waals surface area contributed by atoms with E-state index in [1.807, 2.05) is 21.1 Å². The molecule has 0 aliphatic heterocycles. The second-order valence-electron chi connectivity index (χ2n) is 19.6. The molecule has 0 spiro atoms. The molecule has 0 bridgehead atoms. The summed E-state index contributed by atoms with van der Waals surface area (Å²) in [6, 6.07) is -0.761. The highest BCUT2D eigenvalue weighted by Gasteiger charge is 2.28. The first-order chi connectivity index (χ1) is 29.5. The third-order valence-corrected chi connectivity index (χ3v) is 13.2. The van der Waals surface area contributed by atoms with E-state index >= 15 is 0 Å². The molecule has 364 valence electrons. The molecule has 0 aliphatic rings. The zero-order chi connectivity index (χ0) is 45.0. The van der Waals surface area contributed by atoms with Crippen molar-refractivity contribution in [2.75, 3.05) is 40.9 Å². The minimum Gasteiger partial charge on any atom is -0.391 e. The summed E-state index contributed by atoms with van der Waals surface area (Å²) in [6.07, 6.45) is 52.5. The number of amides is 1. The van der Waals surface area contributed by atoms with Gasteiger partial charge < -0.3 is 19.8 Å². The first-order valence-corrected chi connectivity index (χ1v) is 28.0. The molecule has 0 fully saturated rings. The Morgan fingerprint density at radius 1 is 0.541 bits per heavy atom. The number of carbonyl (C=O) groups excluding carboxylic acids is 1. The van der Waals surface area contributed by atoms with E-state index < -0.39 is 20.0 Å². The van der Waals surface area contributed by atoms with Gasteiger partial charge in [0.15, 0.2) is 0 Å². The number of carbonyl (C=O) groups is 1. The van der Waals surface area contributed by atoms with Gasteiger partial charge in [-0.1, -0.05) is 231 Å². The van der Waals surface area contributed by atoms with Crippen LogP contribution in [0.25, 0.3) is 0 Å². The van der Waals surface area contributed by atoms with Crippen LogP contribution in [0.2, 0.25) is 0 Å². The Morgan fingerprint density at radius 3 is 1.26 bits per heavy atom. The van der Waals surface area contributed by atoms with Gasteiger partial charge in [0.25, 0.3) is 0 Å². The monoisotopic (exact) mass is 886 g/mol. The lowest BCUT2D eigenvalue weighted by Gasteiger charge is -2.26. The highest BCUT2D eigenvalue weighted by atomic mass is 31.2. The van der Waals surface area contributed by atoms with Crippen molar-refractivity contribution in [3.8, 4) is 0 Å². The fraction of sp³-hybridized carbons (Fsp3) is 0.942. The van der Waals surface area contributed by atoms with Gasteiger partial charge in [-0.3, -0.25) is 13.8 Å². The molecule has 0 saturated carbocycles. The summed E-state index contributed by atoms with van der Waals surface area (Å²) in [5.74, 6) is -0.149. The van der Waals surface area contributed by atoms with Crippen LogP contribution >= 0.6 is 7.82 Å². The van der Waals surface area contributed by atoms with Crippen LogP contribution in [-0.4, -0.2) is 73.4 Å². The fourth-order valence-electron chi connectivity index (χ4n) is 8.04. The van der Waals surface area contributed by atoms with Gasteiger partial charge in [-0.15, -0.1) is 0 Å². The van der Waals surface area contributed by atoms with Crippen LogP contribution in [0.1, 0.15) is 264 Å². The smallest absolute Gasteiger partial charge is 0.391 e. The quantitative estimate of drug-likeness (QED) is 0.0243. The summed E-state index contributed by atoms with van der Waals surface area (Å²) in [4.78, 5) is 23.2. The SMILES string of the molecule is CCCCCCCC/C=C\CCCCCCCC(=O)NC(COP(=O)(O)OCC[N+](C)(C)C)C(O)CCCCCCCCCCCCCCCCCCCCCCCCCC. The van der Waals surface area contributed by atoms with Gasteiger partial charge in [0, 0.05) is 6.42 Å². The fourth-order valence-corrected chi connectivity index (χ4v) is 8.78. The van der Waals surface area contributed by atoms with E-state index in [2.05, 4.69) is 31.3 Å². The number of likely N-dealkylation sites (N-methyl/N-ethyl adjacent to an activating group) is 1. The minimum absolute atomic E-state index is 0.0753. The number of rotatable bonds is 49. The van der Waals surface area contributed by atoms with E-state index in [0.29, 0.717) is 23.9 Å². The second-order valence-corrected chi connectivity index (χ2v) is 21.1. The van der Waals surface area contributed by atoms with Crippen molar-refractivity contribution < 1.29 is 32.9 Å². The predicted molar refractivity (Wildman–Crippen MR) is 263 cm³/mol. The molecular formula is C52H106N2O6P+. The van der Waals surface area contributed by atoms with Gasteiger partial charge in [-0.05, 0) is 38.5 Å². The molecule has 9 heteroatoms. The van der Waals surface area contributed by atoms with Crippen molar-refractivity contribution in [3.05, 3.63) is 12.2 Å². The van der Waals surface area contributed by atoms with Gasteiger partial charge in [-0.25, -0.2) is 4.57 Å². The van der Waals surface area contributed by atoms with Crippen LogP contribution in [0.4, 0.5) is 0 Å². The summed E-state index contributed by atoms with van der Waals surface area (Å²) >= 11 is 0. The Balaban J connectivity index is 4.18. The standard InChI is InChI=1S/C52H105N2O6P/c1-6-8-10-12-14-16-18-20-22-23-24-25-26-27-28-29-30-32-33-35-37-39-41-43-45-51(55)50(49-60-61(57,58)59-48-47-54(3,4)5)53-52(56)46-44-42-40-38-36-34-31-21-19-17-15-13-11-9-7-2/h21,31,50-51,55H,6-20,22-30,32-49H2,1-5H3,(H-,53,56,57,58)/p+1/b31-21-. The Kier molecular flexibility index (Phi) is 43.9. The molecule has 0 aromatic rings. The normalized spacial score (nSPS) is 14.1. The van der Waals surface area contributed by atoms with Crippen molar-refractivity contribution >= 4 is 13.7 Å². The van der Waals surface area contributed by atoms with Crippen molar-refractivity contribution in [2.24, 2.45) is 0 Å². The van der Waals surface area contributed by atoms with Gasteiger partial charge in [-0.2, -0.15) is 0 Å². The van der Waals surface area contributed by atoms with Gasteiger partial charge in [0.2, 0.25) is 5.91 Å². The largest absolute Gasteiger partial charge is 0.472 e. The minimum atomic E-state index is -4.32. The zero-order valence-corrected chi connectivity index (χ0v) is 42.3. The maximum atomic E-state index is 12.9. The number of aliphatic hydroxyl groups excluding tert-OH is 1. The van der Waals surface area contributed by atoms with Gasteiger partial charge in [0.1, 0.15) is 13.2 Å². The number of allylic oxidation sites excluding steroid dienone is 2. The van der Waals surface area contributed by atoms with Crippen molar-refractivity contribution in [3.63, 3.8) is 0 Å². The number of hydrogen-bond donors (Lipinski definition) is 3. The molecule has 0 aliphatic carbocycles. The van der Waals surface area contributed by atoms with E-state index in [9.17, 15) is 19.4 Å². The van der Waals surface area contributed by atoms with Crippen molar-refractivity contribution in [1.29, 1.82) is 0 Å². The van der Waals surface area contributed by atoms with Crippen LogP contribution in [0, 0.1) is 0 Å². The van der Waals surface area contributed by atoms with Crippen LogP contribution in [0.3, 0.4) is 0 Å². The van der Waals surface area contributed by atoms with Gasteiger partial charge in [0.05, 0.1) is 39.9 Å². The molecular weight excluding hydrogens is 780 g/mol. The summed E-state index contributed by atoms with van der Waals surface area (Å²) in [7, 11) is 1.62. The van der Waals surface area contributed by atoms with Crippen LogP contribution < -0.4 is 5.32 Å². The predicted octanol–water partition coefficient (Wildman–Crippen LogP) is 15.5. The van der Waals surface area contributed by atoms with Gasteiger partial charge >= 0.3 is 7.82 Å². The highest BCUT2D eigenvalue weighted by Crippen LogP contribution is 2.43. The number of unbranched alkanes of at least 4 members (excludes halogenated alkanes) is 34. The number of phosphoric ester groups is 1. The highest BCUT2D eigenvalue weighted by molar-refractivity contribution is 7.47. The van der Waals surface area contributed by atoms with Crippen LogP contribution in [-0.2, 0) is 18.4 Å². The first-order valence-electron chi connectivity index (χ1n) is 26.6. The number of hydrogen-bond acceptors (Lipinski definition) is 5. The number of nitrogens with one attached hydrogen (secondary N) is 1. The molecule has 61 heavy (non-hydrogen) atoms. The number of phosphoric acid groups is 1. The molecule has 0 aromatic heterocycles. The maximum absolute atomic E-state index is 12.9. The Bertz CT molecular complexity index is 1000. The maximum Gasteiger partial charge on any atom is 0.472 e. The van der Waals surface area contributed by atoms with E-state index in [0.717, 1.165) is 51.4 Å². The summed E-state index contributed by atoms with van der Waals surface area (Å²) in [6.45, 7) is 4.91. The lowest BCUT2D eigenvalue weighted by atomic mass is 10.0. The summed E-state index contributed by atoms with van der Waals surface area (Å²) in [5, 5.41) is 14.0. The van der Waals surface area contributed by atoms with E-state index in [4.69, 9.17) is 9.05 Å². The molecule has 0 saturated heterocycles. The molecule has 3 unspecified atom stereocenters. The Labute approximate surface area is 380 Å². The van der Waals surface area contributed by atoms with Crippen LogP contribution in [0.15, 0.2) is 12.2 Å². The summed E-state index contributed by atoms with van der Waals surface area (Å²) < 4.78 is 23.7. The number of quaternary nitrogens is 1. The second kappa shape index (κ2) is 44.4.